The van der Waals surface area contributed by atoms with E-state index in [0.717, 1.165) is 5.56 Å². The van der Waals surface area contributed by atoms with Crippen LogP contribution < -0.4 is 4.74 Å². The van der Waals surface area contributed by atoms with E-state index < -0.39 is 5.97 Å². The molecule has 0 spiro atoms. The Kier molecular flexibility index (Phi) is 4.12. The molecule has 0 N–H and O–H groups in total. The first kappa shape index (κ1) is 13.5. The average Bonchev–Trinajstić information content (AvgIpc) is 2.88. The number of carbonyl (C=O) groups is 1. The maximum absolute atomic E-state index is 11.5. The van der Waals surface area contributed by atoms with Crippen molar-refractivity contribution in [1.29, 1.82) is 0 Å². The van der Waals surface area contributed by atoms with Gasteiger partial charge in [-0.2, -0.15) is 0 Å². The highest BCUT2D eigenvalue weighted by Crippen LogP contribution is 2.31. The summed E-state index contributed by atoms with van der Waals surface area (Å²) in [7, 11) is 1.55. The first-order chi connectivity index (χ1) is 9.15. The van der Waals surface area contributed by atoms with Crippen molar-refractivity contribution in [2.45, 2.75) is 6.92 Å². The summed E-state index contributed by atoms with van der Waals surface area (Å²) in [6.45, 7) is 2.05. The zero-order valence-corrected chi connectivity index (χ0v) is 11.4. The van der Waals surface area contributed by atoms with E-state index in [1.54, 1.807) is 44.4 Å². The van der Waals surface area contributed by atoms with Gasteiger partial charge in [-0.1, -0.05) is 11.6 Å². The minimum absolute atomic E-state index is 0.170. The highest BCUT2D eigenvalue weighted by Gasteiger charge is 2.13. The molecule has 1 heterocycles. The third kappa shape index (κ3) is 2.90. The average molecular weight is 281 g/mol. The molecule has 0 saturated heterocycles. The Hall–Kier alpha value is -1.94. The van der Waals surface area contributed by atoms with Crippen molar-refractivity contribution in [3.8, 4) is 17.1 Å². The van der Waals surface area contributed by atoms with Gasteiger partial charge in [0.15, 0.2) is 0 Å². The number of hydrogen-bond donors (Lipinski definition) is 0. The molecule has 19 heavy (non-hydrogen) atoms. The number of ether oxygens (including phenoxy) is 2. The fraction of sp³-hybridized carbons (Fsp3) is 0.214. The third-order valence-electron chi connectivity index (χ3n) is 2.52. The van der Waals surface area contributed by atoms with Gasteiger partial charge in [-0.3, -0.25) is 0 Å². The van der Waals surface area contributed by atoms with Gasteiger partial charge in [0.05, 0.1) is 18.7 Å². The summed E-state index contributed by atoms with van der Waals surface area (Å²) >= 11 is 6.04. The Bertz CT molecular complexity index is 589. The van der Waals surface area contributed by atoms with E-state index in [9.17, 15) is 4.79 Å². The third-order valence-corrected chi connectivity index (χ3v) is 2.81. The number of benzene rings is 1. The van der Waals surface area contributed by atoms with Crippen LogP contribution in [0.1, 0.15) is 17.5 Å². The zero-order chi connectivity index (χ0) is 13.8. The maximum Gasteiger partial charge on any atom is 0.374 e. The van der Waals surface area contributed by atoms with Crippen LogP contribution in [0.15, 0.2) is 34.7 Å². The van der Waals surface area contributed by atoms with Gasteiger partial charge < -0.3 is 13.9 Å². The van der Waals surface area contributed by atoms with Gasteiger partial charge in [0, 0.05) is 5.56 Å². The molecule has 2 aromatic rings. The van der Waals surface area contributed by atoms with E-state index in [4.69, 9.17) is 25.5 Å². The topological polar surface area (TPSA) is 48.7 Å². The molecular formula is C14H13ClO4. The van der Waals surface area contributed by atoms with Crippen molar-refractivity contribution < 1.29 is 18.7 Å². The molecule has 2 rings (SSSR count). The first-order valence-electron chi connectivity index (χ1n) is 5.76. The lowest BCUT2D eigenvalue weighted by atomic mass is 10.2. The predicted molar refractivity (Wildman–Crippen MR) is 71.7 cm³/mol. The summed E-state index contributed by atoms with van der Waals surface area (Å²) in [5.74, 6) is 0.826. The van der Waals surface area contributed by atoms with Crippen LogP contribution in [0.5, 0.6) is 5.75 Å². The van der Waals surface area contributed by atoms with E-state index in [-0.39, 0.29) is 5.76 Å². The highest BCUT2D eigenvalue weighted by molar-refractivity contribution is 6.32. The number of furan rings is 1. The van der Waals surface area contributed by atoms with Gasteiger partial charge in [0.1, 0.15) is 11.5 Å². The van der Waals surface area contributed by atoms with Crippen LogP contribution >= 0.6 is 11.6 Å². The van der Waals surface area contributed by atoms with E-state index in [0.29, 0.717) is 23.1 Å². The normalized spacial score (nSPS) is 10.3. The SMILES string of the molecule is CCOC(=O)c1ccc(-c2ccc(OC)c(Cl)c2)o1. The molecule has 0 bridgehead atoms. The second kappa shape index (κ2) is 5.80. The molecule has 0 atom stereocenters. The summed E-state index contributed by atoms with van der Waals surface area (Å²) in [6.07, 6.45) is 0. The molecule has 4 nitrogen and oxygen atoms in total. The molecule has 100 valence electrons. The van der Waals surface area contributed by atoms with E-state index in [1.165, 1.54) is 0 Å². The summed E-state index contributed by atoms with van der Waals surface area (Å²) in [6, 6.07) is 8.53. The molecule has 0 amide bonds. The Morgan fingerprint density at radius 1 is 1.32 bits per heavy atom. The molecular weight excluding hydrogens is 268 g/mol. The van der Waals surface area contributed by atoms with Crippen LogP contribution in [0.25, 0.3) is 11.3 Å². The van der Waals surface area contributed by atoms with Crippen LogP contribution in [0.2, 0.25) is 5.02 Å². The Morgan fingerprint density at radius 3 is 2.74 bits per heavy atom. The lowest BCUT2D eigenvalue weighted by molar-refractivity contribution is 0.0491. The number of rotatable bonds is 4. The number of methoxy groups -OCH3 is 1. The molecule has 0 aliphatic heterocycles. The molecule has 0 aliphatic rings. The van der Waals surface area contributed by atoms with Gasteiger partial charge in [0.25, 0.3) is 0 Å². The molecule has 0 saturated carbocycles. The number of esters is 1. The van der Waals surface area contributed by atoms with E-state index in [1.807, 2.05) is 0 Å². The summed E-state index contributed by atoms with van der Waals surface area (Å²) < 4.78 is 15.4. The molecule has 0 unspecified atom stereocenters. The van der Waals surface area contributed by atoms with Crippen molar-refractivity contribution >= 4 is 17.6 Å². The van der Waals surface area contributed by atoms with E-state index in [2.05, 4.69) is 0 Å². The summed E-state index contributed by atoms with van der Waals surface area (Å²) in [4.78, 5) is 11.5. The van der Waals surface area contributed by atoms with E-state index >= 15 is 0 Å². The second-order valence-electron chi connectivity index (χ2n) is 3.73. The number of carbonyl (C=O) groups excluding carboxylic acids is 1. The minimum atomic E-state index is -0.478. The van der Waals surface area contributed by atoms with Crippen molar-refractivity contribution in [3.05, 3.63) is 41.1 Å². The Morgan fingerprint density at radius 2 is 2.11 bits per heavy atom. The standard InChI is InChI=1S/C14H13ClO4/c1-3-18-14(16)13-7-6-11(19-13)9-4-5-12(17-2)10(15)8-9/h4-8H,3H2,1-2H3. The fourth-order valence-corrected chi connectivity index (χ4v) is 1.88. The Labute approximate surface area is 115 Å². The minimum Gasteiger partial charge on any atom is -0.495 e. The van der Waals surface area contributed by atoms with Gasteiger partial charge in [-0.25, -0.2) is 4.79 Å². The lowest BCUT2D eigenvalue weighted by Gasteiger charge is -2.04. The monoisotopic (exact) mass is 280 g/mol. The van der Waals surface area contributed by atoms with Gasteiger partial charge in [-0.15, -0.1) is 0 Å². The predicted octanol–water partition coefficient (Wildman–Crippen LogP) is 3.79. The lowest BCUT2D eigenvalue weighted by Crippen LogP contribution is -2.02. The van der Waals surface area contributed by atoms with Crippen molar-refractivity contribution in [1.82, 2.24) is 0 Å². The molecule has 5 heteroatoms. The van der Waals surface area contributed by atoms with Crippen LogP contribution in [-0.2, 0) is 4.74 Å². The Balaban J connectivity index is 2.27. The zero-order valence-electron chi connectivity index (χ0n) is 10.6. The van der Waals surface area contributed by atoms with Crippen LogP contribution in [-0.4, -0.2) is 19.7 Å². The number of hydrogen-bond acceptors (Lipinski definition) is 4. The van der Waals surface area contributed by atoms with Crippen LogP contribution in [0, 0.1) is 0 Å². The van der Waals surface area contributed by atoms with Crippen molar-refractivity contribution in [2.24, 2.45) is 0 Å². The first-order valence-corrected chi connectivity index (χ1v) is 6.14. The van der Waals surface area contributed by atoms with Gasteiger partial charge in [0.2, 0.25) is 5.76 Å². The highest BCUT2D eigenvalue weighted by atomic mass is 35.5. The van der Waals surface area contributed by atoms with Crippen LogP contribution in [0.4, 0.5) is 0 Å². The van der Waals surface area contributed by atoms with Crippen molar-refractivity contribution in [3.63, 3.8) is 0 Å². The second-order valence-corrected chi connectivity index (χ2v) is 4.14. The maximum atomic E-state index is 11.5. The molecule has 0 aliphatic carbocycles. The van der Waals surface area contributed by atoms with Crippen molar-refractivity contribution in [2.75, 3.05) is 13.7 Å². The summed E-state index contributed by atoms with van der Waals surface area (Å²) in [5, 5.41) is 0.481. The fourth-order valence-electron chi connectivity index (χ4n) is 1.62. The summed E-state index contributed by atoms with van der Waals surface area (Å²) in [5.41, 5.74) is 0.765. The molecule has 0 fully saturated rings. The smallest absolute Gasteiger partial charge is 0.374 e. The van der Waals surface area contributed by atoms with Crippen LogP contribution in [0.3, 0.4) is 0 Å². The largest absolute Gasteiger partial charge is 0.495 e. The quantitative estimate of drug-likeness (QED) is 0.800. The molecule has 1 aromatic carbocycles. The molecule has 0 radical (unpaired) electrons. The number of halogens is 1. The van der Waals surface area contributed by atoms with Gasteiger partial charge >= 0.3 is 5.97 Å². The van der Waals surface area contributed by atoms with Gasteiger partial charge in [-0.05, 0) is 37.3 Å². The molecule has 1 aromatic heterocycles.